The van der Waals surface area contributed by atoms with Gasteiger partial charge >= 0.3 is 0 Å². The monoisotopic (exact) mass is 306 g/mol. The molecule has 110 valence electrons. The zero-order valence-electron chi connectivity index (χ0n) is 11.9. The van der Waals surface area contributed by atoms with Crippen LogP contribution in [0, 0.1) is 20.8 Å². The van der Waals surface area contributed by atoms with Gasteiger partial charge in [0.1, 0.15) is 5.75 Å². The lowest BCUT2D eigenvalue weighted by molar-refractivity contribution is 0.318. The molecule has 0 aliphatic rings. The lowest BCUT2D eigenvalue weighted by Crippen LogP contribution is -2.18. The molecule has 0 fully saturated rings. The van der Waals surface area contributed by atoms with E-state index < -0.39 is 0 Å². The minimum atomic E-state index is -0.0933. The number of ether oxygens (including phenoxy) is 1. The Morgan fingerprint density at radius 1 is 1.29 bits per heavy atom. The highest BCUT2D eigenvalue weighted by molar-refractivity contribution is 6.32. The third-order valence-corrected chi connectivity index (χ3v) is 3.39. The molecule has 0 atom stereocenters. The third kappa shape index (κ3) is 3.05. The molecular weight excluding hydrogens is 292 g/mol. The highest BCUT2D eigenvalue weighted by atomic mass is 35.5. The van der Waals surface area contributed by atoms with Gasteiger partial charge in [0.15, 0.2) is 5.84 Å². The molecule has 1 heterocycles. The van der Waals surface area contributed by atoms with Gasteiger partial charge in [0.2, 0.25) is 5.88 Å². The molecule has 0 bridgehead atoms. The molecule has 0 radical (unpaired) electrons. The topological polar surface area (TPSA) is 93.6 Å². The van der Waals surface area contributed by atoms with Gasteiger partial charge in [0, 0.05) is 0 Å². The first kappa shape index (κ1) is 15.1. The van der Waals surface area contributed by atoms with Crippen LogP contribution < -0.4 is 10.5 Å². The van der Waals surface area contributed by atoms with E-state index in [2.05, 4.69) is 15.4 Å². The van der Waals surface area contributed by atoms with Crippen molar-refractivity contribution in [1.29, 1.82) is 0 Å². The number of aromatic nitrogens is 2. The Labute approximate surface area is 127 Å². The average molecular weight is 307 g/mol. The van der Waals surface area contributed by atoms with E-state index >= 15 is 0 Å². The van der Waals surface area contributed by atoms with Gasteiger partial charge in [0.05, 0.1) is 16.3 Å². The van der Waals surface area contributed by atoms with Crippen LogP contribution in [0.2, 0.25) is 5.02 Å². The number of hydrogen-bond donors (Lipinski definition) is 2. The van der Waals surface area contributed by atoms with Gasteiger partial charge in [-0.15, -0.1) is 5.10 Å². The largest absolute Gasteiger partial charge is 0.435 e. The molecule has 0 saturated heterocycles. The van der Waals surface area contributed by atoms with Crippen LogP contribution in [-0.2, 0) is 0 Å². The Kier molecular flexibility index (Phi) is 4.28. The smallest absolute Gasteiger partial charge is 0.250 e. The van der Waals surface area contributed by atoms with Gasteiger partial charge in [0.25, 0.3) is 0 Å². The van der Waals surface area contributed by atoms with Crippen molar-refractivity contribution in [1.82, 2.24) is 10.2 Å². The Morgan fingerprint density at radius 3 is 2.67 bits per heavy atom. The van der Waals surface area contributed by atoms with Gasteiger partial charge in [-0.1, -0.05) is 22.8 Å². The van der Waals surface area contributed by atoms with Crippen LogP contribution in [0.1, 0.15) is 22.4 Å². The highest BCUT2D eigenvalue weighted by Gasteiger charge is 2.18. The minimum Gasteiger partial charge on any atom is -0.435 e. The average Bonchev–Trinajstić information content (AvgIpc) is 2.46. The Balaban J connectivity index is 2.54. The number of oxime groups is 1. The molecule has 0 aliphatic heterocycles. The van der Waals surface area contributed by atoms with Crippen LogP contribution in [0.3, 0.4) is 0 Å². The number of hydrogen-bond acceptors (Lipinski definition) is 5. The van der Waals surface area contributed by atoms with Gasteiger partial charge in [-0.25, -0.2) is 0 Å². The fourth-order valence-corrected chi connectivity index (χ4v) is 1.96. The van der Waals surface area contributed by atoms with Crippen molar-refractivity contribution >= 4 is 17.4 Å². The van der Waals surface area contributed by atoms with E-state index in [1.54, 1.807) is 26.0 Å². The van der Waals surface area contributed by atoms with E-state index in [0.29, 0.717) is 22.0 Å². The van der Waals surface area contributed by atoms with E-state index in [9.17, 15) is 0 Å². The van der Waals surface area contributed by atoms with Crippen molar-refractivity contribution in [3.05, 3.63) is 45.6 Å². The SMILES string of the molecule is Cc1ccc(Cl)c(Oc2nnc(C)c(C)c2/C(N)=N/O)c1. The number of rotatable bonds is 3. The summed E-state index contributed by atoms with van der Waals surface area (Å²) >= 11 is 6.10. The molecule has 1 aromatic heterocycles. The summed E-state index contributed by atoms with van der Waals surface area (Å²) in [5.41, 5.74) is 8.47. The Bertz CT molecular complexity index is 716. The fourth-order valence-electron chi connectivity index (χ4n) is 1.80. The van der Waals surface area contributed by atoms with Gasteiger partial charge < -0.3 is 15.7 Å². The summed E-state index contributed by atoms with van der Waals surface area (Å²) in [7, 11) is 0. The molecule has 0 aliphatic carbocycles. The fraction of sp³-hybridized carbons (Fsp3) is 0.214. The van der Waals surface area contributed by atoms with E-state index in [1.165, 1.54) is 0 Å². The van der Waals surface area contributed by atoms with Crippen LogP contribution in [0.4, 0.5) is 0 Å². The molecule has 1 aromatic carbocycles. The number of nitrogens with zero attached hydrogens (tertiary/aromatic N) is 3. The summed E-state index contributed by atoms with van der Waals surface area (Å²) in [4.78, 5) is 0. The third-order valence-electron chi connectivity index (χ3n) is 3.08. The first-order chi connectivity index (χ1) is 9.93. The molecule has 21 heavy (non-hydrogen) atoms. The van der Waals surface area contributed by atoms with Crippen molar-refractivity contribution in [2.45, 2.75) is 20.8 Å². The molecule has 0 saturated carbocycles. The summed E-state index contributed by atoms with van der Waals surface area (Å²) in [5, 5.41) is 20.3. The lowest BCUT2D eigenvalue weighted by atomic mass is 10.1. The van der Waals surface area contributed by atoms with Crippen LogP contribution in [0.5, 0.6) is 11.6 Å². The second kappa shape index (κ2) is 5.97. The molecule has 3 N–H and O–H groups in total. The quantitative estimate of drug-likeness (QED) is 0.393. The Hall–Kier alpha value is -2.34. The Morgan fingerprint density at radius 2 is 2.00 bits per heavy atom. The normalized spacial score (nSPS) is 11.5. The number of nitrogens with two attached hydrogens (primary N) is 1. The number of amidine groups is 1. The molecule has 0 amide bonds. The molecule has 2 aromatic rings. The number of aryl methyl sites for hydroxylation is 2. The standard InChI is InChI=1S/C14H15ClN4O2/c1-7-4-5-10(15)11(6-7)21-14-12(13(16)19-20)8(2)9(3)17-18-14/h4-6,20H,1-3H3,(H2,16,19). The molecule has 7 heteroatoms. The van der Waals surface area contributed by atoms with Crippen molar-refractivity contribution in [3.8, 4) is 11.6 Å². The molecule has 0 spiro atoms. The zero-order valence-corrected chi connectivity index (χ0v) is 12.6. The first-order valence-electron chi connectivity index (χ1n) is 6.19. The van der Waals surface area contributed by atoms with Gasteiger partial charge in [-0.05, 0) is 44.0 Å². The second-order valence-electron chi connectivity index (χ2n) is 4.61. The van der Waals surface area contributed by atoms with Crippen LogP contribution in [-0.4, -0.2) is 21.2 Å². The zero-order chi connectivity index (χ0) is 15.6. The summed E-state index contributed by atoms with van der Waals surface area (Å²) in [6.45, 7) is 5.49. The van der Waals surface area contributed by atoms with Crippen LogP contribution >= 0.6 is 11.6 Å². The summed E-state index contributed by atoms with van der Waals surface area (Å²) in [6, 6.07) is 5.37. The van der Waals surface area contributed by atoms with Crippen LogP contribution in [0.25, 0.3) is 0 Å². The van der Waals surface area contributed by atoms with Gasteiger partial charge in [-0.3, -0.25) is 0 Å². The number of halogens is 1. The van der Waals surface area contributed by atoms with Crippen molar-refractivity contribution in [3.63, 3.8) is 0 Å². The maximum absolute atomic E-state index is 8.93. The minimum absolute atomic E-state index is 0.0933. The maximum atomic E-state index is 8.93. The van der Waals surface area contributed by atoms with Crippen molar-refractivity contribution in [2.75, 3.05) is 0 Å². The van der Waals surface area contributed by atoms with Gasteiger partial charge in [-0.2, -0.15) is 5.10 Å². The van der Waals surface area contributed by atoms with Crippen LogP contribution in [0.15, 0.2) is 23.4 Å². The van der Waals surface area contributed by atoms with E-state index in [1.807, 2.05) is 13.0 Å². The predicted octanol–water partition coefficient (Wildman–Crippen LogP) is 2.94. The number of benzene rings is 1. The lowest BCUT2D eigenvalue weighted by Gasteiger charge is -2.13. The summed E-state index contributed by atoms with van der Waals surface area (Å²) in [6.07, 6.45) is 0. The van der Waals surface area contributed by atoms with E-state index in [4.69, 9.17) is 27.3 Å². The van der Waals surface area contributed by atoms with E-state index in [-0.39, 0.29) is 11.7 Å². The van der Waals surface area contributed by atoms with Crippen molar-refractivity contribution < 1.29 is 9.94 Å². The second-order valence-corrected chi connectivity index (χ2v) is 5.02. The molecule has 2 rings (SSSR count). The summed E-state index contributed by atoms with van der Waals surface area (Å²) in [5.74, 6) is 0.478. The maximum Gasteiger partial charge on any atom is 0.250 e. The summed E-state index contributed by atoms with van der Waals surface area (Å²) < 4.78 is 5.70. The van der Waals surface area contributed by atoms with E-state index in [0.717, 1.165) is 11.1 Å². The molecule has 0 unspecified atom stereocenters. The molecular formula is C14H15ClN4O2. The molecule has 6 nitrogen and oxygen atoms in total. The highest BCUT2D eigenvalue weighted by Crippen LogP contribution is 2.31. The predicted molar refractivity (Wildman–Crippen MR) is 80.3 cm³/mol. The van der Waals surface area contributed by atoms with Crippen molar-refractivity contribution in [2.24, 2.45) is 10.9 Å². The first-order valence-corrected chi connectivity index (χ1v) is 6.57.